The summed E-state index contributed by atoms with van der Waals surface area (Å²) in [5.74, 6) is 0.320. The number of halogens is 1. The topological polar surface area (TPSA) is 30.2 Å². The second-order valence-corrected chi connectivity index (χ2v) is 3.91. The van der Waals surface area contributed by atoms with Gasteiger partial charge in [-0.25, -0.2) is 4.39 Å². The van der Waals surface area contributed by atoms with Crippen LogP contribution < -0.4 is 0 Å². The van der Waals surface area contributed by atoms with E-state index in [4.69, 9.17) is 4.42 Å². The molecule has 2 nitrogen and oxygen atoms in total. The molecule has 0 fully saturated rings. The number of ketones is 1. The first-order valence-corrected chi connectivity index (χ1v) is 5.51. The smallest absolute Gasteiger partial charge is 0.228 e. The van der Waals surface area contributed by atoms with Crippen LogP contribution in [0.25, 0.3) is 0 Å². The Hall–Kier alpha value is -1.90. The highest BCUT2D eigenvalue weighted by Gasteiger charge is 2.16. The van der Waals surface area contributed by atoms with Gasteiger partial charge in [-0.2, -0.15) is 0 Å². The van der Waals surface area contributed by atoms with Crippen molar-refractivity contribution in [2.75, 3.05) is 0 Å². The molecule has 0 N–H and O–H groups in total. The van der Waals surface area contributed by atoms with Crippen LogP contribution in [0.1, 0.15) is 34.4 Å². The largest absolute Gasteiger partial charge is 0.458 e. The molecule has 0 unspecified atom stereocenters. The van der Waals surface area contributed by atoms with E-state index in [0.717, 1.165) is 17.7 Å². The van der Waals surface area contributed by atoms with Crippen LogP contribution in [0, 0.1) is 12.7 Å². The maximum Gasteiger partial charge on any atom is 0.228 e. The first-order chi connectivity index (χ1) is 8.11. The minimum absolute atomic E-state index is 0.260. The Balaban J connectivity index is 2.39. The van der Waals surface area contributed by atoms with Crippen LogP contribution in [0.3, 0.4) is 0 Å². The highest BCUT2D eigenvalue weighted by Crippen LogP contribution is 2.17. The van der Waals surface area contributed by atoms with Crippen molar-refractivity contribution in [1.82, 2.24) is 0 Å². The number of hydrogen-bond donors (Lipinski definition) is 0. The normalized spacial score (nSPS) is 10.5. The number of carbonyl (C=O) groups excluding carboxylic acids is 1. The van der Waals surface area contributed by atoms with Gasteiger partial charge in [0.1, 0.15) is 11.6 Å². The van der Waals surface area contributed by atoms with Crippen molar-refractivity contribution in [3.63, 3.8) is 0 Å². The molecule has 0 saturated heterocycles. The number of carbonyl (C=O) groups is 1. The molecule has 0 spiro atoms. The second-order valence-electron chi connectivity index (χ2n) is 3.91. The molecule has 17 heavy (non-hydrogen) atoms. The number of aryl methyl sites for hydroxylation is 2. The van der Waals surface area contributed by atoms with Crippen molar-refractivity contribution < 1.29 is 13.6 Å². The zero-order valence-electron chi connectivity index (χ0n) is 9.79. The van der Waals surface area contributed by atoms with E-state index in [1.807, 2.05) is 6.92 Å². The van der Waals surface area contributed by atoms with Crippen molar-refractivity contribution in [2.24, 2.45) is 0 Å². The molecule has 1 heterocycles. The zero-order valence-corrected chi connectivity index (χ0v) is 9.79. The molecule has 2 rings (SSSR count). The average molecular weight is 232 g/mol. The number of furan rings is 1. The Kier molecular flexibility index (Phi) is 3.09. The lowest BCUT2D eigenvalue weighted by Gasteiger charge is -2.02. The molecule has 0 bridgehead atoms. The molecule has 0 saturated carbocycles. The van der Waals surface area contributed by atoms with E-state index in [2.05, 4.69) is 0 Å². The zero-order chi connectivity index (χ0) is 12.4. The summed E-state index contributed by atoms with van der Waals surface area (Å²) < 4.78 is 18.5. The number of hydrogen-bond acceptors (Lipinski definition) is 2. The summed E-state index contributed by atoms with van der Waals surface area (Å²) in [6.07, 6.45) is 0.732. The van der Waals surface area contributed by atoms with E-state index in [9.17, 15) is 9.18 Å². The lowest BCUT2D eigenvalue weighted by Crippen LogP contribution is -2.03. The molecule has 0 aliphatic heterocycles. The third kappa shape index (κ3) is 2.28. The lowest BCUT2D eigenvalue weighted by molar-refractivity contribution is 0.101. The molecular weight excluding hydrogens is 219 g/mol. The van der Waals surface area contributed by atoms with Crippen LogP contribution in [0.4, 0.5) is 4.39 Å². The molecule has 2 aromatic rings. The highest BCUT2D eigenvalue weighted by atomic mass is 19.1. The van der Waals surface area contributed by atoms with Crippen LogP contribution in [-0.2, 0) is 6.42 Å². The molecule has 1 aromatic heterocycles. The van der Waals surface area contributed by atoms with Crippen LogP contribution in [0.2, 0.25) is 0 Å². The maximum absolute atomic E-state index is 13.1. The summed E-state index contributed by atoms with van der Waals surface area (Å²) in [5.41, 5.74) is 1.09. The minimum Gasteiger partial charge on any atom is -0.458 e. The standard InChI is InChI=1S/C14H13FO2/c1-3-11-6-7-13(17-11)14(16)12-8-10(15)5-4-9(12)2/h4-8H,3H2,1-2H3. The van der Waals surface area contributed by atoms with Crippen molar-refractivity contribution in [3.05, 3.63) is 58.8 Å². The van der Waals surface area contributed by atoms with Gasteiger partial charge in [-0.15, -0.1) is 0 Å². The molecule has 0 aliphatic carbocycles. The van der Waals surface area contributed by atoms with E-state index in [1.54, 1.807) is 25.1 Å². The molecule has 0 amide bonds. The Labute approximate surface area is 99.1 Å². The monoisotopic (exact) mass is 232 g/mol. The molecule has 0 aliphatic rings. The summed E-state index contributed by atoms with van der Waals surface area (Å²) in [6.45, 7) is 3.72. The molecular formula is C14H13FO2. The minimum atomic E-state index is -0.416. The third-order valence-electron chi connectivity index (χ3n) is 2.68. The van der Waals surface area contributed by atoms with Gasteiger partial charge in [0.05, 0.1) is 0 Å². The first-order valence-electron chi connectivity index (χ1n) is 5.51. The molecule has 0 atom stereocenters. The van der Waals surface area contributed by atoms with Crippen molar-refractivity contribution in [1.29, 1.82) is 0 Å². The average Bonchev–Trinajstić information content (AvgIpc) is 2.80. The summed E-state index contributed by atoms with van der Waals surface area (Å²) in [6, 6.07) is 7.57. The van der Waals surface area contributed by atoms with E-state index < -0.39 is 5.82 Å². The summed E-state index contributed by atoms with van der Waals surface area (Å²) >= 11 is 0. The van der Waals surface area contributed by atoms with Crippen LogP contribution in [-0.4, -0.2) is 5.78 Å². The van der Waals surface area contributed by atoms with Crippen molar-refractivity contribution >= 4 is 5.78 Å². The van der Waals surface area contributed by atoms with E-state index >= 15 is 0 Å². The summed E-state index contributed by atoms with van der Waals surface area (Å²) in [4.78, 5) is 12.1. The van der Waals surface area contributed by atoms with Gasteiger partial charge in [-0.3, -0.25) is 4.79 Å². The van der Waals surface area contributed by atoms with Crippen LogP contribution in [0.15, 0.2) is 34.7 Å². The summed E-state index contributed by atoms with van der Waals surface area (Å²) in [5, 5.41) is 0. The molecule has 0 radical (unpaired) electrons. The van der Waals surface area contributed by atoms with Gasteiger partial charge < -0.3 is 4.42 Å². The highest BCUT2D eigenvalue weighted by molar-refractivity contribution is 6.08. The number of rotatable bonds is 3. The SMILES string of the molecule is CCc1ccc(C(=O)c2cc(F)ccc2C)o1. The van der Waals surface area contributed by atoms with Gasteiger partial charge in [0, 0.05) is 12.0 Å². The van der Waals surface area contributed by atoms with Crippen molar-refractivity contribution in [3.8, 4) is 0 Å². The first kappa shape index (κ1) is 11.6. The van der Waals surface area contributed by atoms with Gasteiger partial charge in [0.15, 0.2) is 5.76 Å². The Bertz CT molecular complexity index is 555. The number of benzene rings is 1. The van der Waals surface area contributed by atoms with Crippen LogP contribution in [0.5, 0.6) is 0 Å². The summed E-state index contributed by atoms with van der Waals surface area (Å²) in [7, 11) is 0. The third-order valence-corrected chi connectivity index (χ3v) is 2.68. The predicted molar refractivity (Wildman–Crippen MR) is 62.7 cm³/mol. The Morgan fingerprint density at radius 3 is 2.71 bits per heavy atom. The second kappa shape index (κ2) is 4.53. The fourth-order valence-corrected chi connectivity index (χ4v) is 1.66. The predicted octanol–water partition coefficient (Wildman–Crippen LogP) is 3.52. The Morgan fingerprint density at radius 1 is 1.29 bits per heavy atom. The Morgan fingerprint density at radius 2 is 2.06 bits per heavy atom. The van der Waals surface area contributed by atoms with Crippen molar-refractivity contribution in [2.45, 2.75) is 20.3 Å². The fourth-order valence-electron chi connectivity index (χ4n) is 1.66. The van der Waals surface area contributed by atoms with E-state index in [1.165, 1.54) is 12.1 Å². The molecule has 88 valence electrons. The van der Waals surface area contributed by atoms with E-state index in [-0.39, 0.29) is 11.5 Å². The quantitative estimate of drug-likeness (QED) is 0.758. The van der Waals surface area contributed by atoms with Gasteiger partial charge in [0.25, 0.3) is 0 Å². The maximum atomic E-state index is 13.1. The van der Waals surface area contributed by atoms with Gasteiger partial charge in [-0.1, -0.05) is 13.0 Å². The van der Waals surface area contributed by atoms with Gasteiger partial charge in [-0.05, 0) is 36.8 Å². The molecule has 3 heteroatoms. The van der Waals surface area contributed by atoms with E-state index in [0.29, 0.717) is 5.56 Å². The molecule has 1 aromatic carbocycles. The van der Waals surface area contributed by atoms with Gasteiger partial charge >= 0.3 is 0 Å². The lowest BCUT2D eigenvalue weighted by atomic mass is 10.0. The fraction of sp³-hybridized carbons (Fsp3) is 0.214. The van der Waals surface area contributed by atoms with Crippen LogP contribution >= 0.6 is 0 Å². The van der Waals surface area contributed by atoms with Gasteiger partial charge in [0.2, 0.25) is 5.78 Å².